The molecular weight excluding hydrogens is 331 g/mol. The Labute approximate surface area is 152 Å². The Bertz CT molecular complexity index is 854. The molecule has 0 saturated heterocycles. The Morgan fingerprint density at radius 1 is 1.27 bits per heavy atom. The van der Waals surface area contributed by atoms with Gasteiger partial charge >= 0.3 is 5.97 Å². The van der Waals surface area contributed by atoms with Crippen molar-refractivity contribution in [2.45, 2.75) is 13.0 Å². The number of Topliss-reactive ketones (excluding diaryl/α,β-unsaturated/α-hetero) is 1. The van der Waals surface area contributed by atoms with Gasteiger partial charge in [-0.15, -0.1) is 0 Å². The molecule has 0 saturated carbocycles. The topological polar surface area (TPSA) is 79.2 Å². The van der Waals surface area contributed by atoms with Crippen molar-refractivity contribution in [3.05, 3.63) is 54.1 Å². The van der Waals surface area contributed by atoms with Gasteiger partial charge in [-0.3, -0.25) is 9.80 Å². The van der Waals surface area contributed by atoms with Gasteiger partial charge < -0.3 is 9.84 Å². The van der Waals surface area contributed by atoms with E-state index in [0.29, 0.717) is 12.1 Å². The number of hydrogen-bond acceptors (Lipinski definition) is 5. The number of ether oxygens (including phenoxy) is 1. The van der Waals surface area contributed by atoms with E-state index in [4.69, 9.17) is 9.84 Å². The molecular formula is C19H19BN2O4. The molecule has 0 aliphatic carbocycles. The Hall–Kier alpha value is -3.09. The number of aliphatic carboxylic acids is 1. The first-order valence-electron chi connectivity index (χ1n) is 8.36. The number of rotatable bonds is 6. The van der Waals surface area contributed by atoms with Gasteiger partial charge in [0, 0.05) is 6.21 Å². The summed E-state index contributed by atoms with van der Waals surface area (Å²) in [5, 5.41) is 15.2. The standard InChI is InChI=1S/C19H19BN2O4/c1-12(19(24)25)26-17-8-7-14(20)9-16(17)18(23)13-10-21-22(11-13)15-5-3-2-4-6-15/h2-10,12-13H,11,20H2,1H3,(H,24,25). The minimum Gasteiger partial charge on any atom is -0.479 e. The molecule has 2 aromatic rings. The molecule has 6 nitrogen and oxygen atoms in total. The molecule has 2 unspecified atom stereocenters. The molecule has 1 aliphatic rings. The largest absolute Gasteiger partial charge is 0.479 e. The predicted octanol–water partition coefficient (Wildman–Crippen LogP) is 1.10. The molecule has 3 rings (SSSR count). The van der Waals surface area contributed by atoms with Gasteiger partial charge in [-0.05, 0) is 25.1 Å². The lowest BCUT2D eigenvalue weighted by atomic mass is 9.90. The average Bonchev–Trinajstić information content (AvgIpc) is 3.13. The van der Waals surface area contributed by atoms with Crippen LogP contribution in [0.4, 0.5) is 5.69 Å². The lowest BCUT2D eigenvalue weighted by molar-refractivity contribution is -0.144. The molecule has 132 valence electrons. The monoisotopic (exact) mass is 350 g/mol. The van der Waals surface area contributed by atoms with Gasteiger partial charge in [-0.25, -0.2) is 4.79 Å². The second kappa shape index (κ2) is 7.43. The van der Waals surface area contributed by atoms with Crippen molar-refractivity contribution in [1.29, 1.82) is 0 Å². The van der Waals surface area contributed by atoms with Crippen LogP contribution in [0, 0.1) is 5.92 Å². The highest BCUT2D eigenvalue weighted by Gasteiger charge is 2.29. The van der Waals surface area contributed by atoms with E-state index in [-0.39, 0.29) is 11.5 Å². The van der Waals surface area contributed by atoms with Crippen LogP contribution in [-0.4, -0.2) is 43.6 Å². The van der Waals surface area contributed by atoms with Gasteiger partial charge in [0.25, 0.3) is 0 Å². The van der Waals surface area contributed by atoms with Crippen LogP contribution in [0.25, 0.3) is 0 Å². The number of benzene rings is 2. The maximum Gasteiger partial charge on any atom is 0.344 e. The predicted molar refractivity (Wildman–Crippen MR) is 102 cm³/mol. The minimum atomic E-state index is -1.08. The number of nitrogens with zero attached hydrogens (tertiary/aromatic N) is 2. The van der Waals surface area contributed by atoms with Crippen LogP contribution in [0.5, 0.6) is 5.75 Å². The van der Waals surface area contributed by atoms with Crippen molar-refractivity contribution in [1.82, 2.24) is 0 Å². The minimum absolute atomic E-state index is 0.136. The van der Waals surface area contributed by atoms with Gasteiger partial charge in [0.05, 0.1) is 23.7 Å². The molecule has 2 atom stereocenters. The zero-order chi connectivity index (χ0) is 18.7. The van der Waals surface area contributed by atoms with Gasteiger partial charge in [0.1, 0.15) is 13.6 Å². The van der Waals surface area contributed by atoms with Crippen LogP contribution in [0.15, 0.2) is 53.6 Å². The van der Waals surface area contributed by atoms with Crippen LogP contribution in [0.1, 0.15) is 17.3 Å². The van der Waals surface area contributed by atoms with Gasteiger partial charge in [0.15, 0.2) is 11.9 Å². The van der Waals surface area contributed by atoms with Crippen molar-refractivity contribution in [2.75, 3.05) is 11.6 Å². The van der Waals surface area contributed by atoms with E-state index in [1.165, 1.54) is 6.92 Å². The van der Waals surface area contributed by atoms with Crippen LogP contribution in [0.3, 0.4) is 0 Å². The first kappa shape index (κ1) is 17.7. The number of ketones is 1. The van der Waals surface area contributed by atoms with E-state index >= 15 is 0 Å². The molecule has 1 N–H and O–H groups in total. The van der Waals surface area contributed by atoms with E-state index in [1.54, 1.807) is 29.4 Å². The molecule has 0 bridgehead atoms. The second-order valence-electron chi connectivity index (χ2n) is 6.25. The summed E-state index contributed by atoms with van der Waals surface area (Å²) in [4.78, 5) is 24.1. The highest BCUT2D eigenvalue weighted by Crippen LogP contribution is 2.25. The van der Waals surface area contributed by atoms with E-state index in [2.05, 4.69) is 5.10 Å². The third-order valence-electron chi connectivity index (χ3n) is 4.20. The smallest absolute Gasteiger partial charge is 0.344 e. The van der Waals surface area contributed by atoms with Gasteiger partial charge in [-0.1, -0.05) is 35.8 Å². The molecule has 26 heavy (non-hydrogen) atoms. The summed E-state index contributed by atoms with van der Waals surface area (Å²) in [6.45, 7) is 1.87. The molecule has 0 spiro atoms. The Balaban J connectivity index is 1.81. The van der Waals surface area contributed by atoms with Crippen molar-refractivity contribution in [3.8, 4) is 5.75 Å². The van der Waals surface area contributed by atoms with Crippen LogP contribution in [0.2, 0.25) is 0 Å². The molecule has 0 aromatic heterocycles. The summed E-state index contributed by atoms with van der Waals surface area (Å²) >= 11 is 0. The number of carbonyl (C=O) groups is 2. The summed E-state index contributed by atoms with van der Waals surface area (Å²) in [6.07, 6.45) is 0.588. The lowest BCUT2D eigenvalue weighted by Crippen LogP contribution is -2.27. The normalized spacial score (nSPS) is 17.1. The van der Waals surface area contributed by atoms with Crippen molar-refractivity contribution >= 4 is 37.0 Å². The molecule has 0 radical (unpaired) electrons. The first-order valence-corrected chi connectivity index (χ1v) is 8.36. The fourth-order valence-corrected chi connectivity index (χ4v) is 2.74. The summed E-state index contributed by atoms with van der Waals surface area (Å²) in [7, 11) is 1.88. The van der Waals surface area contributed by atoms with E-state index < -0.39 is 18.0 Å². The van der Waals surface area contributed by atoms with E-state index in [9.17, 15) is 9.59 Å². The summed E-state index contributed by atoms with van der Waals surface area (Å²) in [6, 6.07) is 14.8. The number of anilines is 1. The lowest BCUT2D eigenvalue weighted by Gasteiger charge is -2.18. The average molecular weight is 350 g/mol. The molecule has 0 amide bonds. The SMILES string of the molecule is Bc1ccc(OC(C)C(=O)O)c(C(=O)C2C=NN(c3ccccc3)C2)c1. The zero-order valence-corrected chi connectivity index (χ0v) is 14.6. The van der Waals surface area contributed by atoms with E-state index in [1.807, 2.05) is 38.2 Å². The molecule has 2 aromatic carbocycles. The Morgan fingerprint density at radius 2 is 2.00 bits per heavy atom. The number of hydrogen-bond donors (Lipinski definition) is 1. The molecule has 1 heterocycles. The fourth-order valence-electron chi connectivity index (χ4n) is 2.74. The van der Waals surface area contributed by atoms with Crippen molar-refractivity contribution in [3.63, 3.8) is 0 Å². The zero-order valence-electron chi connectivity index (χ0n) is 14.6. The molecule has 0 fully saturated rings. The third-order valence-corrected chi connectivity index (χ3v) is 4.20. The van der Waals surface area contributed by atoms with Gasteiger partial charge in [0.2, 0.25) is 0 Å². The Kier molecular flexibility index (Phi) is 5.07. The summed E-state index contributed by atoms with van der Waals surface area (Å²) in [5.74, 6) is -1.35. The third kappa shape index (κ3) is 3.77. The van der Waals surface area contributed by atoms with Crippen LogP contribution in [-0.2, 0) is 4.79 Å². The van der Waals surface area contributed by atoms with Crippen LogP contribution >= 0.6 is 0 Å². The van der Waals surface area contributed by atoms with Gasteiger partial charge in [-0.2, -0.15) is 5.10 Å². The van der Waals surface area contributed by atoms with Crippen molar-refractivity contribution in [2.24, 2.45) is 11.0 Å². The first-order chi connectivity index (χ1) is 12.5. The van der Waals surface area contributed by atoms with E-state index in [0.717, 1.165) is 11.2 Å². The summed E-state index contributed by atoms with van der Waals surface area (Å²) < 4.78 is 5.48. The quantitative estimate of drug-likeness (QED) is 0.624. The maximum atomic E-state index is 13.0. The number of carbonyl (C=O) groups excluding carboxylic acids is 1. The van der Waals surface area contributed by atoms with Crippen molar-refractivity contribution < 1.29 is 19.4 Å². The number of para-hydroxylation sites is 1. The number of carboxylic acid groups (broad SMARTS) is 1. The second-order valence-corrected chi connectivity index (χ2v) is 6.25. The maximum absolute atomic E-state index is 13.0. The summed E-state index contributed by atoms with van der Waals surface area (Å²) in [5.41, 5.74) is 2.20. The number of hydrazone groups is 1. The number of carboxylic acids is 1. The molecule has 1 aliphatic heterocycles. The highest BCUT2D eigenvalue weighted by atomic mass is 16.5. The highest BCUT2D eigenvalue weighted by molar-refractivity contribution is 6.33. The molecule has 7 heteroatoms. The van der Waals surface area contributed by atoms with Crippen LogP contribution < -0.4 is 15.2 Å². The Morgan fingerprint density at radius 3 is 2.69 bits per heavy atom. The fraction of sp³-hybridized carbons (Fsp3) is 0.211.